The molecule has 0 heterocycles. The van der Waals surface area contributed by atoms with Gasteiger partial charge in [0.2, 0.25) is 17.7 Å². The number of nitrogens with one attached hydrogen (secondary N) is 3. The van der Waals surface area contributed by atoms with Gasteiger partial charge in [0, 0.05) is 0 Å². The number of nitrogens with two attached hydrogens (primary N) is 1. The van der Waals surface area contributed by atoms with Crippen LogP contribution in [-0.4, -0.2) is 47.9 Å². The monoisotopic (exact) mass is 600 g/mol. The molecule has 0 spiro atoms. The van der Waals surface area contributed by atoms with E-state index < -0.39 is 53.5 Å². The Morgan fingerprint density at radius 2 is 1.20 bits per heavy atom. The van der Waals surface area contributed by atoms with Gasteiger partial charge in [-0.1, -0.05) is 105 Å². The smallest absolute Gasteiger partial charge is 0.329 e. The Labute approximate surface area is 259 Å². The molecule has 3 amide bonds. The summed E-state index contributed by atoms with van der Waals surface area (Å²) < 4.78 is 5.44. The summed E-state index contributed by atoms with van der Waals surface area (Å²) in [6.07, 6.45) is 0.0515. The SMILES string of the molecule is CC(C)C[C@H](NC(=O)CNC(=O)[C@@H](N)CC(=O)NC(c1ccccc1)(c1ccccc1)c1ccccc1)C(=O)OC(C)(C)C. The Kier molecular flexibility index (Phi) is 11.8. The normalized spacial score (nSPS) is 13.0. The van der Waals surface area contributed by atoms with Crippen molar-refractivity contribution in [3.05, 3.63) is 108 Å². The Bertz CT molecular complexity index is 1290. The molecule has 0 saturated heterocycles. The molecule has 9 heteroatoms. The summed E-state index contributed by atoms with van der Waals surface area (Å²) in [6, 6.07) is 26.7. The Morgan fingerprint density at radius 1 is 0.750 bits per heavy atom. The zero-order valence-corrected chi connectivity index (χ0v) is 26.1. The van der Waals surface area contributed by atoms with Crippen LogP contribution in [0.5, 0.6) is 0 Å². The average molecular weight is 601 g/mol. The number of esters is 1. The molecular formula is C35H44N4O5. The Hall–Kier alpha value is -4.50. The second kappa shape index (κ2) is 15.3. The molecule has 3 aromatic carbocycles. The van der Waals surface area contributed by atoms with Crippen molar-refractivity contribution in [2.24, 2.45) is 11.7 Å². The zero-order valence-electron chi connectivity index (χ0n) is 26.1. The number of hydrogen-bond donors (Lipinski definition) is 4. The first-order valence-corrected chi connectivity index (χ1v) is 14.8. The zero-order chi connectivity index (χ0) is 32.3. The van der Waals surface area contributed by atoms with Gasteiger partial charge in [-0.15, -0.1) is 0 Å². The molecule has 5 N–H and O–H groups in total. The van der Waals surface area contributed by atoms with Gasteiger partial charge in [0.05, 0.1) is 19.0 Å². The average Bonchev–Trinajstić information content (AvgIpc) is 2.98. The number of ether oxygens (including phenoxy) is 1. The van der Waals surface area contributed by atoms with E-state index in [-0.39, 0.29) is 12.3 Å². The van der Waals surface area contributed by atoms with Gasteiger partial charge in [-0.25, -0.2) is 4.79 Å². The maximum Gasteiger partial charge on any atom is 0.329 e. The van der Waals surface area contributed by atoms with Crippen LogP contribution in [0.25, 0.3) is 0 Å². The van der Waals surface area contributed by atoms with Crippen LogP contribution >= 0.6 is 0 Å². The molecule has 0 aliphatic heterocycles. The molecule has 44 heavy (non-hydrogen) atoms. The van der Waals surface area contributed by atoms with Crippen LogP contribution in [0.3, 0.4) is 0 Å². The lowest BCUT2D eigenvalue weighted by atomic mass is 9.77. The van der Waals surface area contributed by atoms with Crippen molar-refractivity contribution in [3.8, 4) is 0 Å². The summed E-state index contributed by atoms with van der Waals surface area (Å²) in [5.74, 6) is -2.11. The van der Waals surface area contributed by atoms with E-state index in [0.29, 0.717) is 6.42 Å². The number of hydrogen-bond acceptors (Lipinski definition) is 6. The highest BCUT2D eigenvalue weighted by Gasteiger charge is 2.38. The highest BCUT2D eigenvalue weighted by Crippen LogP contribution is 2.36. The van der Waals surface area contributed by atoms with Crippen LogP contribution in [0.1, 0.15) is 64.2 Å². The molecule has 0 unspecified atom stereocenters. The first-order valence-electron chi connectivity index (χ1n) is 14.8. The number of carbonyl (C=O) groups excluding carboxylic acids is 4. The van der Waals surface area contributed by atoms with Crippen molar-refractivity contribution in [2.75, 3.05) is 6.54 Å². The van der Waals surface area contributed by atoms with Gasteiger partial charge < -0.3 is 26.4 Å². The van der Waals surface area contributed by atoms with E-state index in [9.17, 15) is 19.2 Å². The van der Waals surface area contributed by atoms with Crippen LogP contribution in [0.15, 0.2) is 91.0 Å². The minimum Gasteiger partial charge on any atom is -0.458 e. The minimum absolute atomic E-state index is 0.115. The van der Waals surface area contributed by atoms with E-state index in [0.717, 1.165) is 16.7 Å². The molecule has 9 nitrogen and oxygen atoms in total. The molecule has 0 fully saturated rings. The third-order valence-electron chi connectivity index (χ3n) is 6.85. The largest absolute Gasteiger partial charge is 0.458 e. The minimum atomic E-state index is -1.22. The van der Waals surface area contributed by atoms with Gasteiger partial charge in [-0.05, 0) is 49.8 Å². The fraction of sp³-hybridized carbons (Fsp3) is 0.371. The maximum atomic E-state index is 13.6. The standard InChI is InChI=1S/C35H44N4O5/c1-24(2)21-29(33(43)44-34(3,4)5)38-31(41)23-37-32(42)28(36)22-30(40)39-35(25-15-9-6-10-16-25,26-17-11-7-12-18-26)27-19-13-8-14-20-27/h6-20,24,28-29H,21-23,36H2,1-5H3,(H,37,42)(H,38,41)(H,39,40)/t28-,29-/m0/s1. The number of rotatable bonds is 13. The van der Waals surface area contributed by atoms with Crippen molar-refractivity contribution in [1.82, 2.24) is 16.0 Å². The van der Waals surface area contributed by atoms with Crippen LogP contribution in [0.4, 0.5) is 0 Å². The van der Waals surface area contributed by atoms with E-state index in [4.69, 9.17) is 10.5 Å². The highest BCUT2D eigenvalue weighted by molar-refractivity contribution is 5.92. The molecule has 3 aromatic rings. The molecule has 2 atom stereocenters. The summed E-state index contributed by atoms with van der Waals surface area (Å²) in [6.45, 7) is 8.70. The van der Waals surface area contributed by atoms with E-state index >= 15 is 0 Å². The van der Waals surface area contributed by atoms with Crippen molar-refractivity contribution in [1.29, 1.82) is 0 Å². The van der Waals surface area contributed by atoms with Gasteiger partial charge in [0.1, 0.15) is 17.2 Å². The van der Waals surface area contributed by atoms with Gasteiger partial charge in [-0.3, -0.25) is 14.4 Å². The number of carbonyl (C=O) groups is 4. The molecule has 3 rings (SSSR count). The summed E-state index contributed by atoms with van der Waals surface area (Å²) in [4.78, 5) is 51.7. The van der Waals surface area contributed by atoms with E-state index in [1.54, 1.807) is 20.8 Å². The Morgan fingerprint density at radius 3 is 1.61 bits per heavy atom. The van der Waals surface area contributed by atoms with Crippen LogP contribution in [-0.2, 0) is 29.5 Å². The second-order valence-corrected chi connectivity index (χ2v) is 12.2. The summed E-state index contributed by atoms with van der Waals surface area (Å²) in [5, 5.41) is 8.30. The van der Waals surface area contributed by atoms with E-state index in [2.05, 4.69) is 16.0 Å². The molecule has 0 radical (unpaired) electrons. The van der Waals surface area contributed by atoms with Gasteiger partial charge >= 0.3 is 5.97 Å². The lowest BCUT2D eigenvalue weighted by molar-refractivity contribution is -0.159. The van der Waals surface area contributed by atoms with Crippen molar-refractivity contribution in [3.63, 3.8) is 0 Å². The predicted molar refractivity (Wildman–Crippen MR) is 170 cm³/mol. The maximum absolute atomic E-state index is 13.6. The molecule has 0 aliphatic carbocycles. The second-order valence-electron chi connectivity index (χ2n) is 12.2. The molecular weight excluding hydrogens is 556 g/mol. The van der Waals surface area contributed by atoms with Crippen LogP contribution in [0, 0.1) is 5.92 Å². The van der Waals surface area contributed by atoms with Gasteiger partial charge in [0.15, 0.2) is 0 Å². The third kappa shape index (κ3) is 9.50. The lowest BCUT2D eigenvalue weighted by Gasteiger charge is -2.37. The topological polar surface area (TPSA) is 140 Å². The Balaban J connectivity index is 1.71. The predicted octanol–water partition coefficient (Wildman–Crippen LogP) is 3.80. The molecule has 0 saturated carbocycles. The quantitative estimate of drug-likeness (QED) is 0.174. The lowest BCUT2D eigenvalue weighted by Crippen LogP contribution is -2.52. The first-order chi connectivity index (χ1) is 20.8. The fourth-order valence-electron chi connectivity index (χ4n) is 4.94. The molecule has 0 aliphatic rings. The van der Waals surface area contributed by atoms with E-state index in [1.165, 1.54) is 0 Å². The molecule has 0 aromatic heterocycles. The molecule has 234 valence electrons. The summed E-state index contributed by atoms with van der Waals surface area (Å²) in [5.41, 5.74) is 6.89. The van der Waals surface area contributed by atoms with Crippen LogP contribution in [0.2, 0.25) is 0 Å². The van der Waals surface area contributed by atoms with Crippen molar-refractivity contribution < 1.29 is 23.9 Å². The van der Waals surface area contributed by atoms with E-state index in [1.807, 2.05) is 105 Å². The van der Waals surface area contributed by atoms with Gasteiger partial charge in [-0.2, -0.15) is 0 Å². The van der Waals surface area contributed by atoms with Crippen molar-refractivity contribution >= 4 is 23.7 Å². The fourth-order valence-corrected chi connectivity index (χ4v) is 4.94. The summed E-state index contributed by atoms with van der Waals surface area (Å²) in [7, 11) is 0. The number of benzene rings is 3. The highest BCUT2D eigenvalue weighted by atomic mass is 16.6. The molecule has 0 bridgehead atoms. The first kappa shape index (κ1) is 34.0. The number of amides is 3. The third-order valence-corrected chi connectivity index (χ3v) is 6.85. The van der Waals surface area contributed by atoms with Crippen LogP contribution < -0.4 is 21.7 Å². The van der Waals surface area contributed by atoms with Gasteiger partial charge in [0.25, 0.3) is 0 Å². The summed E-state index contributed by atoms with van der Waals surface area (Å²) >= 11 is 0. The van der Waals surface area contributed by atoms with Crippen molar-refractivity contribution in [2.45, 2.75) is 70.7 Å².